The summed E-state index contributed by atoms with van der Waals surface area (Å²) in [7, 11) is 0. The van der Waals surface area contributed by atoms with Crippen molar-refractivity contribution in [3.8, 4) is 11.8 Å². The van der Waals surface area contributed by atoms with Gasteiger partial charge in [0.05, 0.1) is 17.9 Å². The molecule has 0 radical (unpaired) electrons. The molecule has 3 rings (SSSR count). The number of benzene rings is 1. The van der Waals surface area contributed by atoms with E-state index in [4.69, 9.17) is 4.74 Å². The molecule has 0 amide bonds. The number of anilines is 1. The lowest BCUT2D eigenvalue weighted by Crippen LogP contribution is -2.46. The highest BCUT2D eigenvalue weighted by Gasteiger charge is 2.26. The van der Waals surface area contributed by atoms with E-state index in [0.717, 1.165) is 5.01 Å². The standard InChI is InChI=1S/C18H18FN3O2S/c1-11-8-22(9-12(2)24-11)18-15(10-23)6-14(7-16(18)19)4-5-17-21-20-13(3)25-17/h6-7,10-12H,8-9H2,1-3H3. The van der Waals surface area contributed by atoms with Gasteiger partial charge in [0.15, 0.2) is 11.3 Å². The average molecular weight is 359 g/mol. The number of aromatic nitrogens is 2. The summed E-state index contributed by atoms with van der Waals surface area (Å²) >= 11 is 1.37. The molecule has 1 saturated heterocycles. The highest BCUT2D eigenvalue weighted by Crippen LogP contribution is 2.28. The molecular formula is C18H18FN3O2S. The number of halogens is 1. The second kappa shape index (κ2) is 7.30. The van der Waals surface area contributed by atoms with Crippen molar-refractivity contribution >= 4 is 23.3 Å². The number of ether oxygens (including phenoxy) is 1. The van der Waals surface area contributed by atoms with Crippen molar-refractivity contribution in [2.45, 2.75) is 33.0 Å². The Morgan fingerprint density at radius 3 is 2.60 bits per heavy atom. The van der Waals surface area contributed by atoms with Crippen LogP contribution < -0.4 is 4.90 Å². The van der Waals surface area contributed by atoms with Crippen LogP contribution >= 0.6 is 11.3 Å². The minimum Gasteiger partial charge on any atom is -0.372 e. The quantitative estimate of drug-likeness (QED) is 0.610. The monoisotopic (exact) mass is 359 g/mol. The minimum atomic E-state index is -0.455. The van der Waals surface area contributed by atoms with Gasteiger partial charge >= 0.3 is 0 Å². The summed E-state index contributed by atoms with van der Waals surface area (Å²) in [5.74, 6) is 5.25. The fourth-order valence-corrected chi connectivity index (χ4v) is 3.49. The van der Waals surface area contributed by atoms with E-state index in [1.807, 2.05) is 25.7 Å². The van der Waals surface area contributed by atoms with Crippen molar-refractivity contribution in [1.82, 2.24) is 10.2 Å². The van der Waals surface area contributed by atoms with Crippen molar-refractivity contribution in [2.75, 3.05) is 18.0 Å². The van der Waals surface area contributed by atoms with Gasteiger partial charge in [0, 0.05) is 24.2 Å². The van der Waals surface area contributed by atoms with Crippen molar-refractivity contribution in [3.63, 3.8) is 0 Å². The molecule has 1 aromatic heterocycles. The Morgan fingerprint density at radius 1 is 1.28 bits per heavy atom. The van der Waals surface area contributed by atoms with Gasteiger partial charge in [-0.2, -0.15) is 0 Å². The van der Waals surface area contributed by atoms with Crippen LogP contribution in [0.1, 0.15) is 39.8 Å². The van der Waals surface area contributed by atoms with Crippen molar-refractivity contribution in [1.29, 1.82) is 0 Å². The number of hydrogen-bond donors (Lipinski definition) is 0. The predicted molar refractivity (Wildman–Crippen MR) is 94.6 cm³/mol. The van der Waals surface area contributed by atoms with Crippen LogP contribution in [-0.2, 0) is 4.74 Å². The molecule has 0 spiro atoms. The normalized spacial score (nSPS) is 20.1. The Labute approximate surface area is 149 Å². The summed E-state index contributed by atoms with van der Waals surface area (Å²) in [4.78, 5) is 13.4. The molecule has 1 aromatic carbocycles. The summed E-state index contributed by atoms with van der Waals surface area (Å²) in [6.07, 6.45) is 0.620. The first-order chi connectivity index (χ1) is 12.0. The fourth-order valence-electron chi connectivity index (χ4n) is 2.95. The lowest BCUT2D eigenvalue weighted by atomic mass is 10.1. The second-order valence-corrected chi connectivity index (χ2v) is 7.23. The largest absolute Gasteiger partial charge is 0.372 e. The second-order valence-electron chi connectivity index (χ2n) is 6.05. The van der Waals surface area contributed by atoms with E-state index in [-0.39, 0.29) is 12.2 Å². The lowest BCUT2D eigenvalue weighted by molar-refractivity contribution is -0.00543. The van der Waals surface area contributed by atoms with Gasteiger partial charge in [-0.05, 0) is 38.8 Å². The maximum absolute atomic E-state index is 14.7. The van der Waals surface area contributed by atoms with Gasteiger partial charge < -0.3 is 9.64 Å². The SMILES string of the molecule is Cc1nnc(C#Cc2cc(F)c(N3CC(C)OC(C)C3)c(C=O)c2)s1. The fraction of sp³-hybridized carbons (Fsp3) is 0.389. The molecule has 7 heteroatoms. The molecule has 0 saturated carbocycles. The third-order valence-electron chi connectivity index (χ3n) is 3.80. The Bertz CT molecular complexity index is 846. The first kappa shape index (κ1) is 17.5. The topological polar surface area (TPSA) is 55.3 Å². The third kappa shape index (κ3) is 4.03. The van der Waals surface area contributed by atoms with Gasteiger partial charge in [-0.3, -0.25) is 4.79 Å². The van der Waals surface area contributed by atoms with Gasteiger partial charge in [-0.15, -0.1) is 10.2 Å². The van der Waals surface area contributed by atoms with Crippen LogP contribution in [0.2, 0.25) is 0 Å². The van der Waals surface area contributed by atoms with Crippen LogP contribution in [0, 0.1) is 24.6 Å². The molecule has 2 aromatic rings. The highest BCUT2D eigenvalue weighted by molar-refractivity contribution is 7.11. The molecule has 1 aliphatic heterocycles. The third-order valence-corrected chi connectivity index (χ3v) is 4.55. The molecule has 2 unspecified atom stereocenters. The number of aryl methyl sites for hydroxylation is 1. The smallest absolute Gasteiger partial charge is 0.191 e. The maximum Gasteiger partial charge on any atom is 0.191 e. The summed E-state index contributed by atoms with van der Waals surface area (Å²) in [6.45, 7) is 6.79. The number of aldehydes is 1. The number of nitrogens with zero attached hydrogens (tertiary/aromatic N) is 3. The minimum absolute atomic E-state index is 0.0252. The Hall–Kier alpha value is -2.30. The van der Waals surface area contributed by atoms with Gasteiger partial charge in [-0.25, -0.2) is 4.39 Å². The van der Waals surface area contributed by atoms with Crippen molar-refractivity contribution in [2.24, 2.45) is 0 Å². The highest BCUT2D eigenvalue weighted by atomic mass is 32.1. The number of hydrogen-bond acceptors (Lipinski definition) is 6. The van der Waals surface area contributed by atoms with Crippen LogP contribution in [0.25, 0.3) is 0 Å². The van der Waals surface area contributed by atoms with E-state index in [1.165, 1.54) is 17.4 Å². The molecule has 1 fully saturated rings. The van der Waals surface area contributed by atoms with Gasteiger partial charge in [0.2, 0.25) is 0 Å². The van der Waals surface area contributed by atoms with Gasteiger partial charge in [-0.1, -0.05) is 17.3 Å². The van der Waals surface area contributed by atoms with Crippen LogP contribution in [0.4, 0.5) is 10.1 Å². The molecule has 2 atom stereocenters. The number of carbonyl (C=O) groups excluding carboxylic acids is 1. The van der Waals surface area contributed by atoms with E-state index in [2.05, 4.69) is 22.0 Å². The molecule has 1 aliphatic rings. The molecule has 0 aliphatic carbocycles. The first-order valence-electron chi connectivity index (χ1n) is 7.97. The van der Waals surface area contributed by atoms with Crippen LogP contribution in [0.15, 0.2) is 12.1 Å². The number of rotatable bonds is 2. The summed E-state index contributed by atoms with van der Waals surface area (Å²) < 4.78 is 20.4. The van der Waals surface area contributed by atoms with E-state index in [0.29, 0.717) is 41.2 Å². The van der Waals surface area contributed by atoms with Gasteiger partial charge in [0.1, 0.15) is 10.8 Å². The molecule has 2 heterocycles. The molecule has 25 heavy (non-hydrogen) atoms. The summed E-state index contributed by atoms with van der Waals surface area (Å²) in [6, 6.07) is 2.96. The van der Waals surface area contributed by atoms with E-state index < -0.39 is 5.82 Å². The van der Waals surface area contributed by atoms with E-state index in [9.17, 15) is 9.18 Å². The zero-order chi connectivity index (χ0) is 18.0. The number of carbonyl (C=O) groups is 1. The van der Waals surface area contributed by atoms with Crippen LogP contribution in [0.5, 0.6) is 0 Å². The molecule has 0 N–H and O–H groups in total. The zero-order valence-electron chi connectivity index (χ0n) is 14.2. The Balaban J connectivity index is 1.94. The summed E-state index contributed by atoms with van der Waals surface area (Å²) in [5, 5.41) is 9.18. The number of morpholine rings is 1. The zero-order valence-corrected chi connectivity index (χ0v) is 15.1. The van der Waals surface area contributed by atoms with Gasteiger partial charge in [0.25, 0.3) is 0 Å². The molecule has 5 nitrogen and oxygen atoms in total. The Morgan fingerprint density at radius 2 is 2.00 bits per heavy atom. The van der Waals surface area contributed by atoms with Crippen molar-refractivity contribution < 1.29 is 13.9 Å². The van der Waals surface area contributed by atoms with Crippen LogP contribution in [-0.4, -0.2) is 41.8 Å². The van der Waals surface area contributed by atoms with E-state index >= 15 is 0 Å². The maximum atomic E-state index is 14.7. The average Bonchev–Trinajstić information content (AvgIpc) is 2.96. The molecule has 0 bridgehead atoms. The predicted octanol–water partition coefficient (Wildman–Crippen LogP) is 2.81. The Kier molecular flexibility index (Phi) is 5.11. The lowest BCUT2D eigenvalue weighted by Gasteiger charge is -2.37. The van der Waals surface area contributed by atoms with E-state index in [1.54, 1.807) is 6.07 Å². The molecular weight excluding hydrogens is 341 g/mol. The first-order valence-corrected chi connectivity index (χ1v) is 8.79. The van der Waals surface area contributed by atoms with Crippen molar-refractivity contribution in [3.05, 3.63) is 39.1 Å². The van der Waals surface area contributed by atoms with Crippen LogP contribution in [0.3, 0.4) is 0 Å². The summed E-state index contributed by atoms with van der Waals surface area (Å²) in [5.41, 5.74) is 1.04. The molecule has 130 valence electrons.